The molecule has 2 N–H and O–H groups in total. The van der Waals surface area contributed by atoms with Crippen molar-refractivity contribution in [3.63, 3.8) is 0 Å². The van der Waals surface area contributed by atoms with Crippen molar-refractivity contribution in [2.24, 2.45) is 5.92 Å². The number of nitrogens with zero attached hydrogens (tertiary/aromatic N) is 4. The van der Waals surface area contributed by atoms with Gasteiger partial charge < -0.3 is 15.2 Å². The molecule has 0 unspecified atom stereocenters. The number of piperidine rings is 1. The molecule has 2 aromatic heterocycles. The summed E-state index contributed by atoms with van der Waals surface area (Å²) in [4.78, 5) is 14.0. The van der Waals surface area contributed by atoms with Gasteiger partial charge in [-0.15, -0.1) is 0 Å². The van der Waals surface area contributed by atoms with Crippen molar-refractivity contribution < 1.29 is 4.39 Å². The number of hydrogen-bond acceptors (Lipinski definition) is 5. The first-order chi connectivity index (χ1) is 16.2. The molecule has 0 spiro atoms. The number of fused-ring (bicyclic) bond motifs is 1. The molecule has 5 rings (SSSR count). The van der Waals surface area contributed by atoms with Crippen molar-refractivity contribution in [3.8, 4) is 11.4 Å². The van der Waals surface area contributed by atoms with E-state index in [0.29, 0.717) is 29.0 Å². The molecule has 0 bridgehead atoms. The Labute approximate surface area is 197 Å². The summed E-state index contributed by atoms with van der Waals surface area (Å²) in [6.45, 7) is 3.26. The Morgan fingerprint density at radius 3 is 2.76 bits per heavy atom. The molecule has 3 heterocycles. The van der Waals surface area contributed by atoms with Gasteiger partial charge in [0.25, 0.3) is 0 Å². The van der Waals surface area contributed by atoms with Crippen LogP contribution in [0.3, 0.4) is 0 Å². The molecule has 1 aliphatic rings. The number of aromatic nitrogens is 4. The zero-order valence-corrected chi connectivity index (χ0v) is 19.0. The second-order valence-corrected chi connectivity index (χ2v) is 8.86. The van der Waals surface area contributed by atoms with Gasteiger partial charge in [0, 0.05) is 29.2 Å². The van der Waals surface area contributed by atoms with Crippen LogP contribution in [0.25, 0.3) is 22.6 Å². The van der Waals surface area contributed by atoms with Crippen molar-refractivity contribution in [1.82, 2.24) is 24.8 Å². The highest BCUT2D eigenvalue weighted by Gasteiger charge is 2.18. The molecule has 33 heavy (non-hydrogen) atoms. The van der Waals surface area contributed by atoms with Crippen LogP contribution >= 0.6 is 11.6 Å². The summed E-state index contributed by atoms with van der Waals surface area (Å²) in [7, 11) is 0. The van der Waals surface area contributed by atoms with E-state index in [0.717, 1.165) is 48.6 Å². The normalized spacial score (nSPS) is 14.6. The summed E-state index contributed by atoms with van der Waals surface area (Å²) in [5, 5.41) is 7.25. The summed E-state index contributed by atoms with van der Waals surface area (Å²) >= 11 is 6.27. The molecular formula is C25H26ClFN6. The molecule has 8 heteroatoms. The van der Waals surface area contributed by atoms with Crippen LogP contribution in [0, 0.1) is 11.7 Å². The van der Waals surface area contributed by atoms with E-state index < -0.39 is 0 Å². The molecule has 4 aromatic rings. The smallest absolute Gasteiger partial charge is 0.225 e. The van der Waals surface area contributed by atoms with E-state index >= 15 is 0 Å². The lowest BCUT2D eigenvalue weighted by atomic mass is 9.95. The van der Waals surface area contributed by atoms with E-state index in [1.54, 1.807) is 18.3 Å². The number of nitrogens with one attached hydrogen (secondary N) is 2. The van der Waals surface area contributed by atoms with E-state index in [2.05, 4.69) is 20.2 Å². The first kappa shape index (κ1) is 21.8. The Hall–Kier alpha value is -3.03. The van der Waals surface area contributed by atoms with Crippen molar-refractivity contribution >= 4 is 28.7 Å². The second kappa shape index (κ2) is 9.85. The number of aryl methyl sites for hydroxylation is 1. The third kappa shape index (κ3) is 4.99. The molecular weight excluding hydrogens is 439 g/mol. The minimum Gasteiger partial charge on any atom is -0.350 e. The molecule has 170 valence electrons. The predicted molar refractivity (Wildman–Crippen MR) is 130 cm³/mol. The zero-order chi connectivity index (χ0) is 22.6. The van der Waals surface area contributed by atoms with Gasteiger partial charge in [0.1, 0.15) is 17.2 Å². The maximum atomic E-state index is 14.0. The Morgan fingerprint density at radius 2 is 1.94 bits per heavy atom. The van der Waals surface area contributed by atoms with Crippen molar-refractivity contribution in [2.45, 2.75) is 32.4 Å². The molecule has 2 aromatic carbocycles. The van der Waals surface area contributed by atoms with E-state index in [1.807, 2.05) is 30.3 Å². The number of hydrogen-bond donors (Lipinski definition) is 2. The molecule has 0 aliphatic carbocycles. The maximum Gasteiger partial charge on any atom is 0.225 e. The van der Waals surface area contributed by atoms with E-state index in [1.165, 1.54) is 18.9 Å². The third-order valence-electron chi connectivity index (χ3n) is 6.19. The second-order valence-electron chi connectivity index (χ2n) is 8.43. The number of benzene rings is 2. The largest absolute Gasteiger partial charge is 0.350 e. The SMILES string of the molecule is Fc1ccccc1CNc1ncc2nc(-c3cccc(Cl)c3)n(CCC3CCNCC3)c2n1. The standard InChI is InChI=1S/C25H26ClFN6/c26-20-6-3-5-18(14-20)23-31-22-16-30-25(29-15-19-4-1-2-7-21(19)27)32-24(22)33(23)13-10-17-8-11-28-12-9-17/h1-7,14,16-17,28H,8-13,15H2,(H,29,30,32). The first-order valence-corrected chi connectivity index (χ1v) is 11.7. The van der Waals surface area contributed by atoms with Crippen LogP contribution in [0.2, 0.25) is 5.02 Å². The van der Waals surface area contributed by atoms with Gasteiger partial charge in [-0.3, -0.25) is 0 Å². The van der Waals surface area contributed by atoms with Crippen LogP contribution in [-0.2, 0) is 13.1 Å². The van der Waals surface area contributed by atoms with Gasteiger partial charge in [-0.2, -0.15) is 4.98 Å². The van der Waals surface area contributed by atoms with Crippen molar-refractivity contribution in [2.75, 3.05) is 18.4 Å². The first-order valence-electron chi connectivity index (χ1n) is 11.3. The van der Waals surface area contributed by atoms with Crippen LogP contribution in [0.15, 0.2) is 54.7 Å². The van der Waals surface area contributed by atoms with Gasteiger partial charge in [-0.05, 0) is 56.5 Å². The summed E-state index contributed by atoms with van der Waals surface area (Å²) < 4.78 is 16.2. The fourth-order valence-corrected chi connectivity index (χ4v) is 4.55. The van der Waals surface area contributed by atoms with E-state index in [9.17, 15) is 4.39 Å². The zero-order valence-electron chi connectivity index (χ0n) is 18.3. The average Bonchev–Trinajstić information content (AvgIpc) is 3.21. The lowest BCUT2D eigenvalue weighted by Gasteiger charge is -2.23. The lowest BCUT2D eigenvalue weighted by molar-refractivity contribution is 0.339. The van der Waals surface area contributed by atoms with E-state index in [-0.39, 0.29) is 5.82 Å². The van der Waals surface area contributed by atoms with Crippen LogP contribution in [0.5, 0.6) is 0 Å². The Kier molecular flexibility index (Phi) is 6.51. The Morgan fingerprint density at radius 1 is 1.09 bits per heavy atom. The molecule has 0 atom stereocenters. The van der Waals surface area contributed by atoms with Crippen LogP contribution in [-0.4, -0.2) is 32.6 Å². The third-order valence-corrected chi connectivity index (χ3v) is 6.42. The number of halogens is 2. The van der Waals surface area contributed by atoms with Crippen LogP contribution < -0.4 is 10.6 Å². The highest BCUT2D eigenvalue weighted by Crippen LogP contribution is 2.28. The fourth-order valence-electron chi connectivity index (χ4n) is 4.36. The summed E-state index contributed by atoms with van der Waals surface area (Å²) in [6.07, 6.45) is 5.15. The number of imidazole rings is 1. The molecule has 1 fully saturated rings. The Bertz CT molecular complexity index is 1250. The fraction of sp³-hybridized carbons (Fsp3) is 0.320. The van der Waals surface area contributed by atoms with Gasteiger partial charge >= 0.3 is 0 Å². The van der Waals surface area contributed by atoms with Gasteiger partial charge in [-0.25, -0.2) is 14.4 Å². The van der Waals surface area contributed by atoms with E-state index in [4.69, 9.17) is 21.6 Å². The topological polar surface area (TPSA) is 67.7 Å². The molecule has 0 amide bonds. The number of rotatable bonds is 7. The number of anilines is 1. The van der Waals surface area contributed by atoms with Gasteiger partial charge in [0.15, 0.2) is 5.65 Å². The quantitative estimate of drug-likeness (QED) is 0.389. The van der Waals surface area contributed by atoms with Gasteiger partial charge in [-0.1, -0.05) is 41.9 Å². The molecule has 0 saturated carbocycles. The van der Waals surface area contributed by atoms with Crippen LogP contribution in [0.1, 0.15) is 24.8 Å². The van der Waals surface area contributed by atoms with Gasteiger partial charge in [0.05, 0.1) is 6.20 Å². The monoisotopic (exact) mass is 464 g/mol. The summed E-state index contributed by atoms with van der Waals surface area (Å²) in [5.74, 6) is 1.71. The predicted octanol–water partition coefficient (Wildman–Crippen LogP) is 5.29. The van der Waals surface area contributed by atoms with Crippen molar-refractivity contribution in [3.05, 3.63) is 71.1 Å². The van der Waals surface area contributed by atoms with Gasteiger partial charge in [0.2, 0.25) is 5.95 Å². The highest BCUT2D eigenvalue weighted by atomic mass is 35.5. The maximum absolute atomic E-state index is 14.0. The summed E-state index contributed by atoms with van der Waals surface area (Å²) in [6, 6.07) is 14.4. The minimum absolute atomic E-state index is 0.249. The molecule has 1 aliphatic heterocycles. The Balaban J connectivity index is 1.47. The highest BCUT2D eigenvalue weighted by molar-refractivity contribution is 6.30. The minimum atomic E-state index is -0.249. The average molecular weight is 465 g/mol. The lowest BCUT2D eigenvalue weighted by Crippen LogP contribution is -2.28. The van der Waals surface area contributed by atoms with Crippen LogP contribution in [0.4, 0.5) is 10.3 Å². The molecule has 1 saturated heterocycles. The molecule has 0 radical (unpaired) electrons. The summed E-state index contributed by atoms with van der Waals surface area (Å²) in [5.41, 5.74) is 3.02. The molecule has 6 nitrogen and oxygen atoms in total. The van der Waals surface area contributed by atoms with Crippen molar-refractivity contribution in [1.29, 1.82) is 0 Å².